The van der Waals surface area contributed by atoms with Crippen LogP contribution in [0.15, 0.2) is 36.5 Å². The Hall–Kier alpha value is -1.92. The van der Waals surface area contributed by atoms with Gasteiger partial charge in [-0.05, 0) is 77.0 Å². The van der Waals surface area contributed by atoms with E-state index in [1.165, 1.54) is 347 Å². The molecule has 0 saturated carbocycles. The summed E-state index contributed by atoms with van der Waals surface area (Å²) in [7, 11) is 0. The van der Waals surface area contributed by atoms with Gasteiger partial charge in [-0.25, -0.2) is 0 Å². The number of hydrogen-bond donors (Lipinski definition) is 3. The maximum Gasteiger partial charge on any atom is 0.305 e. The molecule has 2 atom stereocenters. The fourth-order valence-corrected chi connectivity index (χ4v) is 12.2. The second-order valence-corrected chi connectivity index (χ2v) is 26.7. The lowest BCUT2D eigenvalue weighted by molar-refractivity contribution is -0.143. The summed E-state index contributed by atoms with van der Waals surface area (Å²) in [6.45, 7) is 4.94. The lowest BCUT2D eigenvalue weighted by Crippen LogP contribution is -2.45. The largest absolute Gasteiger partial charge is 0.466 e. The molecule has 0 aromatic heterocycles. The van der Waals surface area contributed by atoms with Crippen LogP contribution in [0.1, 0.15) is 431 Å². The van der Waals surface area contributed by atoms with Crippen molar-refractivity contribution < 1.29 is 24.5 Å². The Kier molecular flexibility index (Phi) is 72.9. The molecule has 0 saturated heterocycles. The molecule has 0 aliphatic rings. The van der Waals surface area contributed by atoms with Crippen molar-refractivity contribution >= 4 is 11.9 Å². The van der Waals surface area contributed by atoms with Gasteiger partial charge < -0.3 is 20.3 Å². The van der Waals surface area contributed by atoms with Crippen molar-refractivity contribution in [1.29, 1.82) is 0 Å². The average molecular weight is 1200 g/mol. The van der Waals surface area contributed by atoms with Gasteiger partial charge in [0.25, 0.3) is 0 Å². The first kappa shape index (κ1) is 83.1. The van der Waals surface area contributed by atoms with Crippen LogP contribution in [0, 0.1) is 0 Å². The Morgan fingerprint density at radius 1 is 0.329 bits per heavy atom. The van der Waals surface area contributed by atoms with E-state index in [-0.39, 0.29) is 18.5 Å². The summed E-state index contributed by atoms with van der Waals surface area (Å²) in [4.78, 5) is 24.6. The zero-order valence-electron chi connectivity index (χ0n) is 57.6. The molecule has 2 unspecified atom stereocenters. The van der Waals surface area contributed by atoms with E-state index in [1.807, 2.05) is 0 Å². The number of aliphatic hydroxyl groups excluding tert-OH is 2. The molecule has 1 amide bonds. The Morgan fingerprint density at radius 3 is 0.941 bits per heavy atom. The molecule has 0 fully saturated rings. The van der Waals surface area contributed by atoms with Crippen LogP contribution in [0.3, 0.4) is 0 Å². The fraction of sp³-hybridized carbons (Fsp3) is 0.899. The number of esters is 1. The fourth-order valence-electron chi connectivity index (χ4n) is 12.2. The van der Waals surface area contributed by atoms with E-state index < -0.39 is 12.1 Å². The second kappa shape index (κ2) is 74.5. The lowest BCUT2D eigenvalue weighted by Gasteiger charge is -2.22. The molecule has 502 valence electrons. The minimum atomic E-state index is -0.661. The zero-order chi connectivity index (χ0) is 61.3. The molecule has 3 N–H and O–H groups in total. The quantitative estimate of drug-likeness (QED) is 0.0320. The van der Waals surface area contributed by atoms with Crippen LogP contribution in [0.4, 0.5) is 0 Å². The van der Waals surface area contributed by atoms with Gasteiger partial charge in [0.2, 0.25) is 5.91 Å². The smallest absolute Gasteiger partial charge is 0.305 e. The number of aliphatic hydroxyl groups is 2. The summed E-state index contributed by atoms with van der Waals surface area (Å²) in [6, 6.07) is -0.538. The van der Waals surface area contributed by atoms with Crippen molar-refractivity contribution in [3.8, 4) is 0 Å². The summed E-state index contributed by atoms with van der Waals surface area (Å²) < 4.78 is 5.49. The van der Waals surface area contributed by atoms with Crippen molar-refractivity contribution in [3.63, 3.8) is 0 Å². The molecule has 0 bridgehead atoms. The van der Waals surface area contributed by atoms with Gasteiger partial charge in [0.05, 0.1) is 25.4 Å². The Labute approximate surface area is 532 Å². The van der Waals surface area contributed by atoms with Crippen molar-refractivity contribution in [2.24, 2.45) is 0 Å². The maximum atomic E-state index is 12.5. The molecular weight excluding hydrogens is 1040 g/mol. The van der Waals surface area contributed by atoms with Crippen LogP contribution in [0.25, 0.3) is 0 Å². The van der Waals surface area contributed by atoms with Gasteiger partial charge in [0.1, 0.15) is 0 Å². The number of nitrogens with one attached hydrogen (secondary N) is 1. The Morgan fingerprint density at radius 2 is 0.600 bits per heavy atom. The van der Waals surface area contributed by atoms with Crippen molar-refractivity contribution in [2.45, 2.75) is 443 Å². The van der Waals surface area contributed by atoms with Crippen LogP contribution in [-0.2, 0) is 14.3 Å². The molecule has 0 aliphatic heterocycles. The normalized spacial score (nSPS) is 12.7. The topological polar surface area (TPSA) is 95.9 Å². The number of carbonyl (C=O) groups is 2. The molecule has 85 heavy (non-hydrogen) atoms. The van der Waals surface area contributed by atoms with E-state index in [9.17, 15) is 19.8 Å². The predicted molar refractivity (Wildman–Crippen MR) is 375 cm³/mol. The zero-order valence-corrected chi connectivity index (χ0v) is 57.6. The summed E-state index contributed by atoms with van der Waals surface area (Å²) in [6.07, 6.45) is 96.7. The standard InChI is InChI=1S/C79H151NO5/c1-3-5-7-9-11-13-15-17-44-47-51-55-59-63-67-71-77(82)76(75-81)80-78(83)72-68-64-60-56-52-48-45-42-40-38-36-34-32-30-28-26-24-22-20-19-21-23-25-27-29-31-33-35-37-39-41-43-46-50-54-58-62-66-70-74-85-79(84)73-69-65-61-57-53-49-18-16-14-12-10-8-6-4-2/h10,12,16,18-20,76-77,81-82H,3-9,11,13-15,17,21-75H2,1-2H3,(H,80,83)/b12-10-,18-16-,20-19-. The molecule has 6 nitrogen and oxygen atoms in total. The molecule has 0 radical (unpaired) electrons. The van der Waals surface area contributed by atoms with Gasteiger partial charge in [-0.3, -0.25) is 9.59 Å². The number of amides is 1. The second-order valence-electron chi connectivity index (χ2n) is 26.7. The minimum absolute atomic E-state index is 0.00819. The van der Waals surface area contributed by atoms with Gasteiger partial charge in [0.15, 0.2) is 0 Å². The van der Waals surface area contributed by atoms with Gasteiger partial charge in [-0.2, -0.15) is 0 Å². The molecule has 0 aromatic carbocycles. The van der Waals surface area contributed by atoms with Crippen LogP contribution < -0.4 is 5.32 Å². The highest BCUT2D eigenvalue weighted by Crippen LogP contribution is 2.20. The van der Waals surface area contributed by atoms with Crippen molar-refractivity contribution in [2.75, 3.05) is 13.2 Å². The van der Waals surface area contributed by atoms with E-state index in [0.29, 0.717) is 25.9 Å². The number of hydrogen-bond acceptors (Lipinski definition) is 5. The van der Waals surface area contributed by atoms with E-state index in [0.717, 1.165) is 51.4 Å². The predicted octanol–water partition coefficient (Wildman–Crippen LogP) is 25.4. The van der Waals surface area contributed by atoms with E-state index >= 15 is 0 Å². The van der Waals surface area contributed by atoms with Crippen molar-refractivity contribution in [3.05, 3.63) is 36.5 Å². The number of ether oxygens (including phenoxy) is 1. The lowest BCUT2D eigenvalue weighted by atomic mass is 10.0. The van der Waals surface area contributed by atoms with Crippen LogP contribution in [0.5, 0.6) is 0 Å². The SMILES string of the molecule is CCCC/C=C\C/C=C\CCCCCCCC(=O)OCCCCCCCCCCCCCCCCCCCC/C=C\CCCCCCCCCCCCCCCCCCCC(=O)NC(CO)C(O)CCCCCCCCCCCCCCCCC. The van der Waals surface area contributed by atoms with E-state index in [2.05, 4.69) is 55.6 Å². The molecule has 6 heteroatoms. The van der Waals surface area contributed by atoms with Gasteiger partial charge in [-0.15, -0.1) is 0 Å². The third kappa shape index (κ3) is 71.0. The van der Waals surface area contributed by atoms with Crippen molar-refractivity contribution in [1.82, 2.24) is 5.32 Å². The average Bonchev–Trinajstić information content (AvgIpc) is 3.52. The monoisotopic (exact) mass is 1190 g/mol. The van der Waals surface area contributed by atoms with Gasteiger partial charge in [-0.1, -0.05) is 378 Å². The highest BCUT2D eigenvalue weighted by atomic mass is 16.5. The third-order valence-electron chi connectivity index (χ3n) is 18.2. The molecule has 0 aromatic rings. The maximum absolute atomic E-state index is 12.5. The summed E-state index contributed by atoms with van der Waals surface area (Å²) in [5.74, 6) is -0.0192. The molecule has 0 rings (SSSR count). The van der Waals surface area contributed by atoms with Gasteiger partial charge >= 0.3 is 5.97 Å². The Bertz CT molecular complexity index is 1380. The highest BCUT2D eigenvalue weighted by molar-refractivity contribution is 5.76. The number of unbranched alkanes of at least 4 members (excludes halogenated alkanes) is 56. The van der Waals surface area contributed by atoms with E-state index in [4.69, 9.17) is 4.74 Å². The van der Waals surface area contributed by atoms with Crippen LogP contribution >= 0.6 is 0 Å². The third-order valence-corrected chi connectivity index (χ3v) is 18.2. The number of carbonyl (C=O) groups excluding carboxylic acids is 2. The minimum Gasteiger partial charge on any atom is -0.466 e. The first-order valence-electron chi connectivity index (χ1n) is 38.7. The Balaban J connectivity index is 3.32. The first-order chi connectivity index (χ1) is 42.0. The van der Waals surface area contributed by atoms with Crippen LogP contribution in [-0.4, -0.2) is 47.4 Å². The summed E-state index contributed by atoms with van der Waals surface area (Å²) in [5, 5.41) is 23.4. The number of rotatable bonds is 73. The summed E-state index contributed by atoms with van der Waals surface area (Å²) >= 11 is 0. The molecule has 0 spiro atoms. The highest BCUT2D eigenvalue weighted by Gasteiger charge is 2.20. The summed E-state index contributed by atoms with van der Waals surface area (Å²) in [5.41, 5.74) is 0. The molecular formula is C79H151NO5. The first-order valence-corrected chi connectivity index (χ1v) is 38.7. The van der Waals surface area contributed by atoms with Crippen LogP contribution in [0.2, 0.25) is 0 Å². The van der Waals surface area contributed by atoms with E-state index in [1.54, 1.807) is 0 Å². The molecule has 0 heterocycles. The van der Waals surface area contributed by atoms with Gasteiger partial charge in [0, 0.05) is 12.8 Å². The number of allylic oxidation sites excluding steroid dienone is 6. The molecule has 0 aliphatic carbocycles.